The molecule has 0 aromatic heterocycles. The maximum atomic E-state index is 12.2. The number of nitrogens with one attached hydrogen (secondary N) is 1. The summed E-state index contributed by atoms with van der Waals surface area (Å²) >= 11 is 0. The predicted octanol–water partition coefficient (Wildman–Crippen LogP) is 2.69. The third-order valence-electron chi connectivity index (χ3n) is 4.22. The van der Waals surface area contributed by atoms with Crippen LogP contribution in [0, 0.1) is 17.3 Å². The molecule has 3 N–H and O–H groups in total. The third kappa shape index (κ3) is 3.98. The van der Waals surface area contributed by atoms with Crippen LogP contribution in [0.25, 0.3) is 0 Å². The second-order valence-electron chi connectivity index (χ2n) is 7.15. The molecule has 0 bridgehead atoms. The normalized spacial score (nSPS) is 27.1. The number of amides is 1. The Morgan fingerprint density at radius 2 is 1.78 bits per heavy atom. The molecule has 0 aromatic carbocycles. The van der Waals surface area contributed by atoms with E-state index in [9.17, 15) is 4.79 Å². The van der Waals surface area contributed by atoms with Gasteiger partial charge in [0.15, 0.2) is 0 Å². The van der Waals surface area contributed by atoms with Crippen LogP contribution in [0.1, 0.15) is 60.3 Å². The van der Waals surface area contributed by atoms with Crippen LogP contribution in [0.2, 0.25) is 0 Å². The first-order chi connectivity index (χ1) is 8.23. The highest BCUT2D eigenvalue weighted by Gasteiger charge is 2.33. The molecule has 106 valence electrons. The lowest BCUT2D eigenvalue weighted by molar-refractivity contribution is -0.126. The molecule has 1 rings (SSSR count). The summed E-state index contributed by atoms with van der Waals surface area (Å²) in [7, 11) is 0. The molecule has 0 aliphatic heterocycles. The van der Waals surface area contributed by atoms with Gasteiger partial charge in [0.2, 0.25) is 5.91 Å². The van der Waals surface area contributed by atoms with Crippen LogP contribution < -0.4 is 11.1 Å². The fraction of sp³-hybridized carbons (Fsp3) is 0.933. The highest BCUT2D eigenvalue weighted by molar-refractivity contribution is 5.82. The summed E-state index contributed by atoms with van der Waals surface area (Å²) in [6, 6.07) is -0.105. The van der Waals surface area contributed by atoms with Crippen molar-refractivity contribution in [2.75, 3.05) is 0 Å². The average molecular weight is 254 g/mol. The standard InChI is InChI=1S/C15H30N2O/c1-10(2)11-8-6-7-9-12(11)17-14(18)13(16)15(3,4)5/h10-13H,6-9,16H2,1-5H3,(H,17,18)/t11?,12?,13-/m0/s1. The first-order valence-corrected chi connectivity index (χ1v) is 7.29. The number of rotatable bonds is 3. The van der Waals surface area contributed by atoms with Crippen LogP contribution >= 0.6 is 0 Å². The van der Waals surface area contributed by atoms with Crippen molar-refractivity contribution in [1.29, 1.82) is 0 Å². The summed E-state index contributed by atoms with van der Waals surface area (Å²) in [5.74, 6) is 1.25. The van der Waals surface area contributed by atoms with Crippen molar-refractivity contribution in [3.05, 3.63) is 0 Å². The topological polar surface area (TPSA) is 55.1 Å². The Morgan fingerprint density at radius 3 is 2.28 bits per heavy atom. The zero-order chi connectivity index (χ0) is 13.9. The van der Waals surface area contributed by atoms with E-state index in [1.54, 1.807) is 0 Å². The van der Waals surface area contributed by atoms with Gasteiger partial charge >= 0.3 is 0 Å². The number of carbonyl (C=O) groups excluding carboxylic acids is 1. The Morgan fingerprint density at radius 1 is 1.22 bits per heavy atom. The Balaban J connectivity index is 2.62. The fourth-order valence-electron chi connectivity index (χ4n) is 2.80. The van der Waals surface area contributed by atoms with Gasteiger partial charge in [-0.2, -0.15) is 0 Å². The SMILES string of the molecule is CC(C)C1CCCCC1NC(=O)[C@H](N)C(C)(C)C. The Kier molecular flexibility index (Phi) is 5.20. The van der Waals surface area contributed by atoms with Crippen molar-refractivity contribution >= 4 is 5.91 Å². The summed E-state index contributed by atoms with van der Waals surface area (Å²) in [4.78, 5) is 12.2. The summed E-state index contributed by atoms with van der Waals surface area (Å²) in [5, 5.41) is 3.19. The molecule has 0 aromatic rings. The largest absolute Gasteiger partial charge is 0.352 e. The molecule has 3 nitrogen and oxygen atoms in total. The first kappa shape index (κ1) is 15.5. The molecule has 1 saturated carbocycles. The lowest BCUT2D eigenvalue weighted by atomic mass is 9.77. The van der Waals surface area contributed by atoms with Gasteiger partial charge in [-0.3, -0.25) is 4.79 Å². The van der Waals surface area contributed by atoms with E-state index in [1.807, 2.05) is 20.8 Å². The molecule has 0 saturated heterocycles. The summed E-state index contributed by atoms with van der Waals surface area (Å²) < 4.78 is 0. The lowest BCUT2D eigenvalue weighted by Gasteiger charge is -2.36. The summed E-state index contributed by atoms with van der Waals surface area (Å²) in [6.45, 7) is 10.5. The highest BCUT2D eigenvalue weighted by Crippen LogP contribution is 2.30. The van der Waals surface area contributed by atoms with E-state index in [0.717, 1.165) is 6.42 Å². The first-order valence-electron chi connectivity index (χ1n) is 7.29. The van der Waals surface area contributed by atoms with Crippen molar-refractivity contribution in [1.82, 2.24) is 5.32 Å². The van der Waals surface area contributed by atoms with Gasteiger partial charge in [0.05, 0.1) is 6.04 Å². The number of nitrogens with two attached hydrogens (primary N) is 1. The van der Waals surface area contributed by atoms with Crippen LogP contribution in [-0.2, 0) is 4.79 Å². The highest BCUT2D eigenvalue weighted by atomic mass is 16.2. The van der Waals surface area contributed by atoms with Gasteiger partial charge in [0.25, 0.3) is 0 Å². The van der Waals surface area contributed by atoms with Gasteiger partial charge in [-0.15, -0.1) is 0 Å². The molecule has 1 aliphatic carbocycles. The minimum atomic E-state index is -0.424. The number of carbonyl (C=O) groups is 1. The monoisotopic (exact) mass is 254 g/mol. The lowest BCUT2D eigenvalue weighted by Crippen LogP contribution is -2.54. The van der Waals surface area contributed by atoms with E-state index in [-0.39, 0.29) is 11.3 Å². The van der Waals surface area contributed by atoms with Crippen molar-refractivity contribution in [2.45, 2.75) is 72.4 Å². The van der Waals surface area contributed by atoms with Crippen molar-refractivity contribution < 1.29 is 4.79 Å². The van der Waals surface area contributed by atoms with Gasteiger partial charge in [0, 0.05) is 6.04 Å². The average Bonchev–Trinajstić information content (AvgIpc) is 2.27. The molecule has 3 heteroatoms. The molecule has 0 radical (unpaired) electrons. The van der Waals surface area contributed by atoms with Gasteiger partial charge in [-0.25, -0.2) is 0 Å². The van der Waals surface area contributed by atoms with Crippen LogP contribution in [0.15, 0.2) is 0 Å². The van der Waals surface area contributed by atoms with E-state index in [4.69, 9.17) is 5.73 Å². The van der Waals surface area contributed by atoms with Crippen LogP contribution in [-0.4, -0.2) is 18.0 Å². The molecular weight excluding hydrogens is 224 g/mol. The minimum Gasteiger partial charge on any atom is -0.352 e. The second kappa shape index (κ2) is 6.05. The molecule has 1 fully saturated rings. The quantitative estimate of drug-likeness (QED) is 0.813. The zero-order valence-electron chi connectivity index (χ0n) is 12.6. The zero-order valence-corrected chi connectivity index (χ0v) is 12.6. The summed E-state index contributed by atoms with van der Waals surface area (Å²) in [5.41, 5.74) is 5.85. The van der Waals surface area contributed by atoms with Gasteiger partial charge in [-0.1, -0.05) is 47.5 Å². The third-order valence-corrected chi connectivity index (χ3v) is 4.22. The van der Waals surface area contributed by atoms with Gasteiger partial charge in [0.1, 0.15) is 0 Å². The summed E-state index contributed by atoms with van der Waals surface area (Å²) in [6.07, 6.45) is 4.85. The van der Waals surface area contributed by atoms with Crippen molar-refractivity contribution in [3.8, 4) is 0 Å². The van der Waals surface area contributed by atoms with E-state index in [0.29, 0.717) is 17.9 Å². The molecular formula is C15H30N2O. The van der Waals surface area contributed by atoms with E-state index >= 15 is 0 Å². The molecule has 3 atom stereocenters. The smallest absolute Gasteiger partial charge is 0.237 e. The van der Waals surface area contributed by atoms with Crippen molar-refractivity contribution in [3.63, 3.8) is 0 Å². The molecule has 1 aliphatic rings. The molecule has 1 amide bonds. The number of hydrogen-bond donors (Lipinski definition) is 2. The molecule has 0 spiro atoms. The van der Waals surface area contributed by atoms with Crippen molar-refractivity contribution in [2.24, 2.45) is 23.0 Å². The Bertz CT molecular complexity index is 281. The Hall–Kier alpha value is -0.570. The van der Waals surface area contributed by atoms with E-state index < -0.39 is 6.04 Å². The maximum absolute atomic E-state index is 12.2. The van der Waals surface area contributed by atoms with Crippen LogP contribution in [0.3, 0.4) is 0 Å². The van der Waals surface area contributed by atoms with Gasteiger partial charge in [-0.05, 0) is 30.1 Å². The minimum absolute atomic E-state index is 0.0139. The van der Waals surface area contributed by atoms with E-state index in [1.165, 1.54) is 19.3 Å². The fourth-order valence-corrected chi connectivity index (χ4v) is 2.80. The van der Waals surface area contributed by atoms with Crippen LogP contribution in [0.5, 0.6) is 0 Å². The molecule has 18 heavy (non-hydrogen) atoms. The molecule has 2 unspecified atom stereocenters. The molecule has 0 heterocycles. The maximum Gasteiger partial charge on any atom is 0.237 e. The Labute approximate surface area is 112 Å². The van der Waals surface area contributed by atoms with Crippen LogP contribution in [0.4, 0.5) is 0 Å². The van der Waals surface area contributed by atoms with Gasteiger partial charge < -0.3 is 11.1 Å². The van der Waals surface area contributed by atoms with E-state index in [2.05, 4.69) is 19.2 Å². The predicted molar refractivity (Wildman–Crippen MR) is 76.2 cm³/mol. The number of hydrogen-bond acceptors (Lipinski definition) is 2. The second-order valence-corrected chi connectivity index (χ2v) is 7.15.